The average Bonchev–Trinajstić information content (AvgIpc) is 3.61. The maximum Gasteiger partial charge on any atom is 0.276 e. The molecule has 12 heteroatoms. The number of aryl methyl sites for hydroxylation is 2. The number of imidazole rings is 1. The lowest BCUT2D eigenvalue weighted by Gasteiger charge is -2.09. The Morgan fingerprint density at radius 2 is 2.08 bits per heavy atom. The number of nitrogens with zero attached hydrogens (tertiary/aromatic N) is 6. The monoisotopic (exact) mass is 525 g/mol. The van der Waals surface area contributed by atoms with Gasteiger partial charge in [-0.15, -0.1) is 0 Å². The molecule has 0 aliphatic heterocycles. The summed E-state index contributed by atoms with van der Waals surface area (Å²) in [6.45, 7) is 3.01. The summed E-state index contributed by atoms with van der Waals surface area (Å²) >= 11 is 12.7. The van der Waals surface area contributed by atoms with Crippen molar-refractivity contribution in [2.75, 3.05) is 7.11 Å². The number of benzene rings is 2. The van der Waals surface area contributed by atoms with Crippen LogP contribution in [0.1, 0.15) is 21.7 Å². The molecular weight excluding hydrogens is 505 g/mol. The Bertz CT molecular complexity index is 1540. The molecule has 0 unspecified atom stereocenters. The van der Waals surface area contributed by atoms with E-state index in [1.807, 2.05) is 17.7 Å². The van der Waals surface area contributed by atoms with Gasteiger partial charge >= 0.3 is 0 Å². The second-order valence-corrected chi connectivity index (χ2v) is 8.83. The van der Waals surface area contributed by atoms with Gasteiger partial charge in [0, 0.05) is 35.1 Å². The molecule has 1 amide bonds. The first-order valence-corrected chi connectivity index (χ1v) is 11.8. The van der Waals surface area contributed by atoms with Crippen LogP contribution in [0.2, 0.25) is 10.0 Å². The molecule has 1 N–H and O–H groups in total. The number of hydrogen-bond acceptors (Lipinski definition) is 7. The number of amides is 1. The van der Waals surface area contributed by atoms with Gasteiger partial charge in [0.1, 0.15) is 11.4 Å². The van der Waals surface area contributed by atoms with Crippen molar-refractivity contribution >= 4 is 40.0 Å². The maximum absolute atomic E-state index is 12.7. The van der Waals surface area contributed by atoms with Gasteiger partial charge in [0.05, 0.1) is 42.5 Å². The minimum Gasteiger partial charge on any atom is -0.496 e. The predicted octanol–water partition coefficient (Wildman–Crippen LogP) is 4.54. The van der Waals surface area contributed by atoms with E-state index < -0.39 is 0 Å². The summed E-state index contributed by atoms with van der Waals surface area (Å²) in [5.41, 5.74) is 2.42. The van der Waals surface area contributed by atoms with Crippen molar-refractivity contribution in [2.24, 2.45) is 0 Å². The van der Waals surface area contributed by atoms with Crippen LogP contribution in [0.4, 0.5) is 0 Å². The highest BCUT2D eigenvalue weighted by Gasteiger charge is 2.22. The highest BCUT2D eigenvalue weighted by atomic mass is 35.5. The van der Waals surface area contributed by atoms with Crippen molar-refractivity contribution in [3.8, 4) is 17.3 Å². The fraction of sp³-hybridized carbons (Fsp3) is 0.208. The molecule has 3 aromatic heterocycles. The Morgan fingerprint density at radius 1 is 1.22 bits per heavy atom. The van der Waals surface area contributed by atoms with Crippen LogP contribution < -0.4 is 10.1 Å². The van der Waals surface area contributed by atoms with Crippen molar-refractivity contribution in [2.45, 2.75) is 26.6 Å². The molecule has 5 rings (SSSR count). The lowest BCUT2D eigenvalue weighted by molar-refractivity contribution is 0.0948. The van der Waals surface area contributed by atoms with Crippen LogP contribution in [0, 0.1) is 6.92 Å². The molecule has 2 aromatic carbocycles. The van der Waals surface area contributed by atoms with E-state index >= 15 is 0 Å². The summed E-state index contributed by atoms with van der Waals surface area (Å²) in [5.74, 6) is 0.900. The quantitative estimate of drug-likeness (QED) is 0.316. The van der Waals surface area contributed by atoms with Gasteiger partial charge in [-0.2, -0.15) is 10.1 Å². The number of rotatable bonds is 8. The molecule has 0 aliphatic carbocycles. The van der Waals surface area contributed by atoms with E-state index in [0.29, 0.717) is 56.9 Å². The molecule has 36 heavy (non-hydrogen) atoms. The van der Waals surface area contributed by atoms with Crippen molar-refractivity contribution in [3.05, 3.63) is 76.0 Å². The van der Waals surface area contributed by atoms with Crippen LogP contribution in [0.25, 0.3) is 22.5 Å². The molecule has 0 spiro atoms. The second kappa shape index (κ2) is 10.00. The third-order valence-corrected chi connectivity index (χ3v) is 6.23. The zero-order valence-corrected chi connectivity index (χ0v) is 20.9. The SMILES string of the molecule is COc1cccc(C(=O)NCc2noc(-c3c4c(Cl)cc(Cl)cc4nn3CCn3ccnc3)n2)c1C. The third-order valence-electron chi connectivity index (χ3n) is 5.71. The van der Waals surface area contributed by atoms with E-state index in [2.05, 4.69) is 25.5 Å². The summed E-state index contributed by atoms with van der Waals surface area (Å²) in [7, 11) is 1.56. The zero-order chi connectivity index (χ0) is 25.2. The van der Waals surface area contributed by atoms with Gasteiger partial charge in [0.25, 0.3) is 11.8 Å². The summed E-state index contributed by atoms with van der Waals surface area (Å²) in [6.07, 6.45) is 5.30. The minimum atomic E-state index is -0.272. The van der Waals surface area contributed by atoms with Crippen molar-refractivity contribution < 1.29 is 14.1 Å². The Kier molecular flexibility index (Phi) is 6.62. The topological polar surface area (TPSA) is 113 Å². The smallest absolute Gasteiger partial charge is 0.276 e. The molecular formula is C24H21Cl2N7O3. The number of hydrogen-bond donors (Lipinski definition) is 1. The van der Waals surface area contributed by atoms with E-state index in [0.717, 1.165) is 5.56 Å². The van der Waals surface area contributed by atoms with Crippen molar-refractivity contribution in [3.63, 3.8) is 0 Å². The first-order chi connectivity index (χ1) is 17.4. The zero-order valence-electron chi connectivity index (χ0n) is 19.4. The third kappa shape index (κ3) is 4.65. The van der Waals surface area contributed by atoms with E-state index in [1.165, 1.54) is 0 Å². The highest BCUT2D eigenvalue weighted by Crippen LogP contribution is 2.35. The van der Waals surface area contributed by atoms with Crippen LogP contribution in [0.5, 0.6) is 5.75 Å². The van der Waals surface area contributed by atoms with Gasteiger partial charge in [-0.1, -0.05) is 34.4 Å². The molecule has 10 nitrogen and oxygen atoms in total. The minimum absolute atomic E-state index is 0.0691. The Hall–Kier alpha value is -3.89. The number of carbonyl (C=O) groups excluding carboxylic acids is 1. The molecule has 0 atom stereocenters. The predicted molar refractivity (Wildman–Crippen MR) is 134 cm³/mol. The van der Waals surface area contributed by atoms with Crippen LogP contribution in [-0.4, -0.2) is 42.5 Å². The lowest BCUT2D eigenvalue weighted by atomic mass is 10.1. The van der Waals surface area contributed by atoms with Gasteiger partial charge in [0.2, 0.25) is 0 Å². The molecule has 0 bridgehead atoms. The number of halogens is 2. The number of nitrogens with one attached hydrogen (secondary N) is 1. The normalized spacial score (nSPS) is 11.2. The van der Waals surface area contributed by atoms with Gasteiger partial charge in [0.15, 0.2) is 5.82 Å². The summed E-state index contributed by atoms with van der Waals surface area (Å²) in [4.78, 5) is 21.3. The molecule has 0 fully saturated rings. The molecule has 184 valence electrons. The fourth-order valence-corrected chi connectivity index (χ4v) is 4.52. The van der Waals surface area contributed by atoms with Gasteiger partial charge < -0.3 is 19.1 Å². The summed E-state index contributed by atoms with van der Waals surface area (Å²) in [6, 6.07) is 8.67. The molecule has 0 aliphatic rings. The van der Waals surface area contributed by atoms with Gasteiger partial charge in [-0.05, 0) is 31.2 Å². The van der Waals surface area contributed by atoms with Crippen LogP contribution in [0.15, 0.2) is 53.6 Å². The summed E-state index contributed by atoms with van der Waals surface area (Å²) in [5, 5.41) is 13.1. The molecule has 5 aromatic rings. The second-order valence-electron chi connectivity index (χ2n) is 7.99. The molecule has 0 radical (unpaired) electrons. The van der Waals surface area contributed by atoms with Gasteiger partial charge in [-0.25, -0.2) is 4.98 Å². The summed E-state index contributed by atoms with van der Waals surface area (Å²) < 4.78 is 14.6. The average molecular weight is 526 g/mol. The Balaban J connectivity index is 1.42. The van der Waals surface area contributed by atoms with Gasteiger partial charge in [-0.3, -0.25) is 9.48 Å². The highest BCUT2D eigenvalue weighted by molar-refractivity contribution is 6.39. The van der Waals surface area contributed by atoms with Crippen LogP contribution in [-0.2, 0) is 19.6 Å². The number of carbonyl (C=O) groups is 1. The molecule has 3 heterocycles. The Morgan fingerprint density at radius 3 is 2.86 bits per heavy atom. The van der Waals surface area contributed by atoms with Crippen LogP contribution in [0.3, 0.4) is 0 Å². The largest absolute Gasteiger partial charge is 0.496 e. The van der Waals surface area contributed by atoms with E-state index in [4.69, 9.17) is 32.5 Å². The maximum atomic E-state index is 12.7. The first-order valence-electron chi connectivity index (χ1n) is 11.0. The van der Waals surface area contributed by atoms with Crippen molar-refractivity contribution in [1.29, 1.82) is 0 Å². The number of fused-ring (bicyclic) bond motifs is 1. The van der Waals surface area contributed by atoms with E-state index in [-0.39, 0.29) is 18.3 Å². The Labute approximate surface area is 215 Å². The fourth-order valence-electron chi connectivity index (χ4n) is 3.95. The standard InChI is InChI=1S/C24H21Cl2N7O3/c1-14-16(4-3-5-19(14)35-2)23(34)28-12-20-29-24(36-31-20)22-21-17(26)10-15(25)11-18(21)30-33(22)9-8-32-7-6-27-13-32/h3-7,10-11,13H,8-9,12H2,1-2H3,(H,28,34). The first kappa shape index (κ1) is 23.8. The van der Waals surface area contributed by atoms with Crippen LogP contribution >= 0.6 is 23.2 Å². The molecule has 0 saturated heterocycles. The molecule has 0 saturated carbocycles. The van der Waals surface area contributed by atoms with E-state index in [9.17, 15) is 4.79 Å². The number of ether oxygens (including phenoxy) is 1. The van der Waals surface area contributed by atoms with Crippen molar-refractivity contribution in [1.82, 2.24) is 34.8 Å². The number of methoxy groups -OCH3 is 1. The lowest BCUT2D eigenvalue weighted by Crippen LogP contribution is -2.24. The number of aromatic nitrogens is 6. The van der Waals surface area contributed by atoms with E-state index in [1.54, 1.807) is 54.6 Å².